The van der Waals surface area contributed by atoms with Crippen molar-refractivity contribution in [3.63, 3.8) is 0 Å². The van der Waals surface area contributed by atoms with Gasteiger partial charge in [0.05, 0.1) is 11.5 Å². The van der Waals surface area contributed by atoms with Crippen LogP contribution in [0.3, 0.4) is 0 Å². The second-order valence-electron chi connectivity index (χ2n) is 6.35. The van der Waals surface area contributed by atoms with Crippen molar-refractivity contribution in [2.24, 2.45) is 11.8 Å². The van der Waals surface area contributed by atoms with Gasteiger partial charge in [-0.2, -0.15) is 0 Å². The molecule has 3 rings (SSSR count). The lowest BCUT2D eigenvalue weighted by molar-refractivity contribution is -0.142. The van der Waals surface area contributed by atoms with Crippen LogP contribution in [0.1, 0.15) is 53.4 Å². The second-order valence-corrected chi connectivity index (χ2v) is 7.32. The van der Waals surface area contributed by atoms with Crippen LogP contribution in [0.4, 0.5) is 0 Å². The highest BCUT2D eigenvalue weighted by molar-refractivity contribution is 7.10. The number of hydrogen-bond donors (Lipinski definition) is 2. The van der Waals surface area contributed by atoms with Crippen LogP contribution in [0.15, 0.2) is 5.38 Å². The monoisotopic (exact) mass is 307 g/mol. The van der Waals surface area contributed by atoms with Crippen LogP contribution in [0, 0.1) is 11.8 Å². The van der Waals surface area contributed by atoms with E-state index in [4.69, 9.17) is 0 Å². The zero-order valence-corrected chi connectivity index (χ0v) is 13.0. The Hall–Kier alpha value is -1.36. The Morgan fingerprint density at radius 1 is 1.33 bits per heavy atom. The van der Waals surface area contributed by atoms with Crippen LogP contribution in [-0.2, 0) is 17.6 Å². The van der Waals surface area contributed by atoms with Gasteiger partial charge in [0.15, 0.2) is 0 Å². The normalized spacial score (nSPS) is 28.1. The van der Waals surface area contributed by atoms with E-state index in [1.54, 1.807) is 11.3 Å². The van der Waals surface area contributed by atoms with Crippen molar-refractivity contribution >= 4 is 23.2 Å². The number of carbonyl (C=O) groups excluding carboxylic acids is 1. The summed E-state index contributed by atoms with van der Waals surface area (Å²) in [7, 11) is 0. The van der Waals surface area contributed by atoms with Gasteiger partial charge in [0, 0.05) is 16.3 Å². The van der Waals surface area contributed by atoms with Crippen molar-refractivity contribution in [1.82, 2.24) is 5.32 Å². The largest absolute Gasteiger partial charge is 0.481 e. The predicted molar refractivity (Wildman–Crippen MR) is 81.7 cm³/mol. The van der Waals surface area contributed by atoms with Crippen LogP contribution in [0.5, 0.6) is 0 Å². The number of fused-ring (bicyclic) bond motifs is 1. The quantitative estimate of drug-likeness (QED) is 0.902. The molecule has 1 fully saturated rings. The maximum Gasteiger partial charge on any atom is 0.308 e. The van der Waals surface area contributed by atoms with E-state index in [0.29, 0.717) is 12.3 Å². The molecule has 0 bridgehead atoms. The molecule has 0 radical (unpaired) electrons. The smallest absolute Gasteiger partial charge is 0.308 e. The molecule has 2 aliphatic carbocycles. The van der Waals surface area contributed by atoms with E-state index in [9.17, 15) is 14.7 Å². The van der Waals surface area contributed by atoms with Crippen LogP contribution < -0.4 is 5.32 Å². The molecular formula is C16H21NO3S. The summed E-state index contributed by atoms with van der Waals surface area (Å²) in [6.45, 7) is 2.25. The van der Waals surface area contributed by atoms with Crippen LogP contribution >= 0.6 is 11.3 Å². The molecule has 0 aliphatic heterocycles. The number of thiophene rings is 1. The minimum absolute atomic E-state index is 0.0831. The highest BCUT2D eigenvalue weighted by Gasteiger charge is 2.34. The molecule has 0 aromatic carbocycles. The lowest BCUT2D eigenvalue weighted by Gasteiger charge is -2.20. The van der Waals surface area contributed by atoms with Gasteiger partial charge in [0.25, 0.3) is 5.91 Å². The first-order valence-corrected chi connectivity index (χ1v) is 8.57. The molecule has 5 heteroatoms. The van der Waals surface area contributed by atoms with Gasteiger partial charge in [-0.15, -0.1) is 11.3 Å². The summed E-state index contributed by atoms with van der Waals surface area (Å²) in [5.74, 6) is -0.610. The zero-order valence-electron chi connectivity index (χ0n) is 12.2. The first-order valence-electron chi connectivity index (χ1n) is 7.69. The minimum atomic E-state index is -0.793. The Kier molecular flexibility index (Phi) is 4.02. The summed E-state index contributed by atoms with van der Waals surface area (Å²) >= 11 is 1.67. The van der Waals surface area contributed by atoms with Crippen LogP contribution in [0.25, 0.3) is 0 Å². The summed E-state index contributed by atoms with van der Waals surface area (Å²) in [6, 6.07) is -0.215. The predicted octanol–water partition coefficient (Wildman–Crippen LogP) is 2.86. The SMILES string of the molecule is CC1CCc2c(C(=O)N[C@@H]3CCC[C@@H]3C(=O)O)csc2C1. The van der Waals surface area contributed by atoms with Crippen molar-refractivity contribution in [3.05, 3.63) is 21.4 Å². The number of hydrogen-bond acceptors (Lipinski definition) is 3. The summed E-state index contributed by atoms with van der Waals surface area (Å²) in [4.78, 5) is 25.0. The van der Waals surface area contributed by atoms with E-state index in [-0.39, 0.29) is 11.9 Å². The van der Waals surface area contributed by atoms with Gasteiger partial charge in [-0.25, -0.2) is 0 Å². The molecule has 2 aliphatic rings. The maximum atomic E-state index is 12.5. The third kappa shape index (κ3) is 2.84. The van der Waals surface area contributed by atoms with Crippen molar-refractivity contribution in [1.29, 1.82) is 0 Å². The molecule has 1 aromatic rings. The number of carbonyl (C=O) groups is 2. The highest BCUT2D eigenvalue weighted by atomic mass is 32.1. The molecule has 1 amide bonds. The first kappa shape index (κ1) is 14.6. The van der Waals surface area contributed by atoms with Gasteiger partial charge >= 0.3 is 5.97 Å². The molecule has 0 spiro atoms. The average Bonchev–Trinajstić information content (AvgIpc) is 3.04. The Morgan fingerprint density at radius 2 is 2.14 bits per heavy atom. The third-order valence-electron chi connectivity index (χ3n) is 4.80. The molecule has 1 heterocycles. The standard InChI is InChI=1S/C16H21NO3S/c1-9-5-6-10-12(8-21-14(10)7-9)15(18)17-13-4-2-3-11(13)16(19)20/h8-9,11,13H,2-7H2,1H3,(H,17,18)(H,19,20)/t9?,11-,13+/m0/s1. The first-order chi connectivity index (χ1) is 10.1. The Morgan fingerprint density at radius 3 is 2.90 bits per heavy atom. The fourth-order valence-electron chi connectivity index (χ4n) is 3.54. The van der Waals surface area contributed by atoms with E-state index in [0.717, 1.165) is 37.7 Å². The fraction of sp³-hybridized carbons (Fsp3) is 0.625. The Bertz CT molecular complexity index is 566. The number of carboxylic acids is 1. The van der Waals surface area contributed by atoms with Crippen molar-refractivity contribution < 1.29 is 14.7 Å². The van der Waals surface area contributed by atoms with Crippen LogP contribution in [0.2, 0.25) is 0 Å². The van der Waals surface area contributed by atoms with E-state index in [1.165, 1.54) is 10.4 Å². The van der Waals surface area contributed by atoms with E-state index < -0.39 is 11.9 Å². The van der Waals surface area contributed by atoms with E-state index in [1.807, 2.05) is 5.38 Å². The van der Waals surface area contributed by atoms with E-state index in [2.05, 4.69) is 12.2 Å². The summed E-state index contributed by atoms with van der Waals surface area (Å²) in [5.41, 5.74) is 1.97. The number of rotatable bonds is 3. The molecule has 21 heavy (non-hydrogen) atoms. The fourth-order valence-corrected chi connectivity index (χ4v) is 4.79. The summed E-state index contributed by atoms with van der Waals surface area (Å²) < 4.78 is 0. The molecule has 1 unspecified atom stereocenters. The van der Waals surface area contributed by atoms with Crippen molar-refractivity contribution in [3.8, 4) is 0 Å². The Labute approximate surface area is 128 Å². The van der Waals surface area contributed by atoms with Gasteiger partial charge in [-0.1, -0.05) is 13.3 Å². The molecule has 3 atom stereocenters. The van der Waals surface area contributed by atoms with Crippen molar-refractivity contribution in [2.75, 3.05) is 0 Å². The lowest BCUT2D eigenvalue weighted by Crippen LogP contribution is -2.40. The Balaban J connectivity index is 1.73. The number of aliphatic carboxylic acids is 1. The molecular weight excluding hydrogens is 286 g/mol. The number of amides is 1. The molecule has 4 nitrogen and oxygen atoms in total. The topological polar surface area (TPSA) is 66.4 Å². The van der Waals surface area contributed by atoms with Gasteiger partial charge in [-0.3, -0.25) is 9.59 Å². The summed E-state index contributed by atoms with van der Waals surface area (Å²) in [6.07, 6.45) is 5.47. The maximum absolute atomic E-state index is 12.5. The van der Waals surface area contributed by atoms with Crippen LogP contribution in [-0.4, -0.2) is 23.0 Å². The number of carboxylic acid groups (broad SMARTS) is 1. The molecule has 0 saturated heterocycles. The number of nitrogens with one attached hydrogen (secondary N) is 1. The third-order valence-corrected chi connectivity index (χ3v) is 5.85. The van der Waals surface area contributed by atoms with Crippen molar-refractivity contribution in [2.45, 2.75) is 51.5 Å². The second kappa shape index (κ2) is 5.79. The lowest BCUT2D eigenvalue weighted by atomic mass is 9.88. The molecule has 2 N–H and O–H groups in total. The summed E-state index contributed by atoms with van der Waals surface area (Å²) in [5, 5.41) is 14.1. The average molecular weight is 307 g/mol. The van der Waals surface area contributed by atoms with Gasteiger partial charge in [0.1, 0.15) is 0 Å². The van der Waals surface area contributed by atoms with E-state index >= 15 is 0 Å². The molecule has 1 aromatic heterocycles. The molecule has 114 valence electrons. The highest BCUT2D eigenvalue weighted by Crippen LogP contribution is 2.33. The minimum Gasteiger partial charge on any atom is -0.481 e. The van der Waals surface area contributed by atoms with Gasteiger partial charge in [-0.05, 0) is 43.6 Å². The zero-order chi connectivity index (χ0) is 15.0. The van der Waals surface area contributed by atoms with Gasteiger partial charge in [0.2, 0.25) is 0 Å². The molecule has 1 saturated carbocycles. The van der Waals surface area contributed by atoms with Gasteiger partial charge < -0.3 is 10.4 Å².